The van der Waals surface area contributed by atoms with Gasteiger partial charge < -0.3 is 19.9 Å². The molecule has 1 aliphatic rings. The summed E-state index contributed by atoms with van der Waals surface area (Å²) in [7, 11) is 4.11. The van der Waals surface area contributed by atoms with Crippen LogP contribution >= 0.6 is 23.8 Å². The number of ether oxygens (including phenoxy) is 1. The topological polar surface area (TPSA) is 31.0 Å². The van der Waals surface area contributed by atoms with Crippen LogP contribution in [0.4, 0.5) is 11.4 Å². The zero-order chi connectivity index (χ0) is 22.2. The lowest BCUT2D eigenvalue weighted by Crippen LogP contribution is -2.40. The minimum Gasteiger partial charge on any atom is -0.379 e. The van der Waals surface area contributed by atoms with E-state index in [0.29, 0.717) is 0 Å². The summed E-state index contributed by atoms with van der Waals surface area (Å²) in [5, 5.41) is 4.91. The molecule has 1 N–H and O–H groups in total. The number of nitrogens with zero attached hydrogens (tertiary/aromatic N) is 3. The fraction of sp³-hybridized carbons (Fsp3) is 0.458. The fourth-order valence-corrected chi connectivity index (χ4v) is 4.14. The Morgan fingerprint density at radius 1 is 1.13 bits per heavy atom. The Bertz CT molecular complexity index is 853. The standard InChI is InChI=1S/C24H33ClN4OS/c1-19-17-21(25)7-10-23(19)26-24(31)29(12-4-11-28-13-15-30-16-14-28)18-20-5-8-22(9-6-20)27(2)3/h5-10,17H,4,11-16,18H2,1-3H3,(H,26,31). The molecule has 31 heavy (non-hydrogen) atoms. The molecule has 1 aliphatic heterocycles. The van der Waals surface area contributed by atoms with Crippen molar-refractivity contribution in [3.05, 3.63) is 58.6 Å². The second kappa shape index (κ2) is 11.7. The third kappa shape index (κ3) is 7.35. The summed E-state index contributed by atoms with van der Waals surface area (Å²) in [5.41, 5.74) is 4.52. The molecule has 0 aliphatic carbocycles. The van der Waals surface area contributed by atoms with Crippen LogP contribution in [0.2, 0.25) is 5.02 Å². The van der Waals surface area contributed by atoms with E-state index in [4.69, 9.17) is 28.6 Å². The molecule has 2 aromatic rings. The maximum atomic E-state index is 6.11. The van der Waals surface area contributed by atoms with E-state index in [-0.39, 0.29) is 0 Å². The van der Waals surface area contributed by atoms with Gasteiger partial charge in [-0.05, 0) is 67.0 Å². The van der Waals surface area contributed by atoms with E-state index in [1.54, 1.807) is 0 Å². The van der Waals surface area contributed by atoms with Gasteiger partial charge in [-0.15, -0.1) is 0 Å². The lowest BCUT2D eigenvalue weighted by molar-refractivity contribution is 0.0368. The molecular formula is C24H33ClN4OS. The van der Waals surface area contributed by atoms with Gasteiger partial charge in [0.05, 0.1) is 13.2 Å². The van der Waals surface area contributed by atoms with Crippen molar-refractivity contribution < 1.29 is 4.74 Å². The molecule has 0 spiro atoms. The summed E-state index contributed by atoms with van der Waals surface area (Å²) in [4.78, 5) is 6.83. The van der Waals surface area contributed by atoms with Gasteiger partial charge in [0.15, 0.2) is 5.11 Å². The Hall–Kier alpha value is -1.86. The number of aryl methyl sites for hydroxylation is 1. The van der Waals surface area contributed by atoms with Crippen molar-refractivity contribution in [1.82, 2.24) is 9.80 Å². The monoisotopic (exact) mass is 460 g/mol. The van der Waals surface area contributed by atoms with Crippen LogP contribution in [0.3, 0.4) is 0 Å². The van der Waals surface area contributed by atoms with Crippen LogP contribution in [-0.4, -0.2) is 68.4 Å². The number of hydrogen-bond donors (Lipinski definition) is 1. The maximum absolute atomic E-state index is 6.11. The fourth-order valence-electron chi connectivity index (χ4n) is 3.64. The van der Waals surface area contributed by atoms with Gasteiger partial charge in [-0.1, -0.05) is 23.7 Å². The summed E-state index contributed by atoms with van der Waals surface area (Å²) >= 11 is 11.9. The summed E-state index contributed by atoms with van der Waals surface area (Å²) in [6.45, 7) is 8.45. The molecule has 0 aromatic heterocycles. The first-order chi connectivity index (χ1) is 14.9. The van der Waals surface area contributed by atoms with Crippen molar-refractivity contribution in [2.45, 2.75) is 19.9 Å². The van der Waals surface area contributed by atoms with Crippen molar-refractivity contribution in [3.8, 4) is 0 Å². The molecule has 3 rings (SSSR count). The smallest absolute Gasteiger partial charge is 0.173 e. The highest BCUT2D eigenvalue weighted by Crippen LogP contribution is 2.21. The second-order valence-electron chi connectivity index (χ2n) is 8.18. The molecule has 0 saturated carbocycles. The van der Waals surface area contributed by atoms with E-state index in [1.807, 2.05) is 25.1 Å². The Balaban J connectivity index is 1.66. The van der Waals surface area contributed by atoms with E-state index in [0.717, 1.165) is 73.7 Å². The highest BCUT2D eigenvalue weighted by molar-refractivity contribution is 7.80. The molecule has 0 atom stereocenters. The lowest BCUT2D eigenvalue weighted by Gasteiger charge is -2.30. The van der Waals surface area contributed by atoms with Gasteiger partial charge in [0, 0.05) is 63.2 Å². The zero-order valence-electron chi connectivity index (χ0n) is 18.7. The number of morpholine rings is 1. The summed E-state index contributed by atoms with van der Waals surface area (Å²) < 4.78 is 5.46. The maximum Gasteiger partial charge on any atom is 0.173 e. The quantitative estimate of drug-likeness (QED) is 0.578. The van der Waals surface area contributed by atoms with E-state index >= 15 is 0 Å². The van der Waals surface area contributed by atoms with Crippen molar-refractivity contribution in [1.29, 1.82) is 0 Å². The molecule has 1 fully saturated rings. The summed E-state index contributed by atoms with van der Waals surface area (Å²) in [6.07, 6.45) is 1.05. The van der Waals surface area contributed by atoms with Gasteiger partial charge in [-0.2, -0.15) is 0 Å². The van der Waals surface area contributed by atoms with Crippen LogP contribution in [0.15, 0.2) is 42.5 Å². The normalized spacial score (nSPS) is 14.3. The van der Waals surface area contributed by atoms with Gasteiger partial charge in [0.25, 0.3) is 0 Å². The minimum atomic E-state index is 0.734. The van der Waals surface area contributed by atoms with Gasteiger partial charge in [-0.25, -0.2) is 0 Å². The van der Waals surface area contributed by atoms with E-state index in [1.165, 1.54) is 11.3 Å². The molecular weight excluding hydrogens is 428 g/mol. The average Bonchev–Trinajstić information content (AvgIpc) is 2.76. The van der Waals surface area contributed by atoms with Crippen LogP contribution < -0.4 is 10.2 Å². The van der Waals surface area contributed by atoms with E-state index < -0.39 is 0 Å². The first kappa shape index (κ1) is 23.8. The number of nitrogens with one attached hydrogen (secondary N) is 1. The Kier molecular flexibility index (Phi) is 8.96. The molecule has 7 heteroatoms. The molecule has 5 nitrogen and oxygen atoms in total. The molecule has 0 unspecified atom stereocenters. The SMILES string of the molecule is Cc1cc(Cl)ccc1NC(=S)N(CCCN1CCOCC1)Cc1ccc(N(C)C)cc1. The van der Waals surface area contributed by atoms with Crippen molar-refractivity contribution in [2.75, 3.05) is 63.7 Å². The molecule has 2 aromatic carbocycles. The highest BCUT2D eigenvalue weighted by Gasteiger charge is 2.15. The van der Waals surface area contributed by atoms with Gasteiger partial charge >= 0.3 is 0 Å². The highest BCUT2D eigenvalue weighted by atomic mass is 35.5. The number of thiocarbonyl (C=S) groups is 1. The van der Waals surface area contributed by atoms with Crippen LogP contribution in [0.5, 0.6) is 0 Å². The number of hydrogen-bond acceptors (Lipinski definition) is 4. The largest absolute Gasteiger partial charge is 0.379 e. The predicted octanol–water partition coefficient (Wildman–Crippen LogP) is 4.64. The summed E-state index contributed by atoms with van der Waals surface area (Å²) in [5.74, 6) is 0. The number of benzene rings is 2. The Labute approximate surface area is 196 Å². The van der Waals surface area contributed by atoms with Crippen LogP contribution in [0, 0.1) is 6.92 Å². The number of rotatable bonds is 8. The van der Waals surface area contributed by atoms with E-state index in [2.05, 4.69) is 58.4 Å². The van der Waals surface area contributed by atoms with Gasteiger partial charge in [-0.3, -0.25) is 4.90 Å². The molecule has 0 radical (unpaired) electrons. The number of halogens is 1. The van der Waals surface area contributed by atoms with Crippen molar-refractivity contribution >= 4 is 40.3 Å². The van der Waals surface area contributed by atoms with Crippen LogP contribution in [0.25, 0.3) is 0 Å². The van der Waals surface area contributed by atoms with Crippen LogP contribution in [-0.2, 0) is 11.3 Å². The first-order valence-corrected chi connectivity index (χ1v) is 11.6. The van der Waals surface area contributed by atoms with Crippen molar-refractivity contribution in [3.63, 3.8) is 0 Å². The minimum absolute atomic E-state index is 0.734. The van der Waals surface area contributed by atoms with Gasteiger partial charge in [0.1, 0.15) is 0 Å². The third-order valence-electron chi connectivity index (χ3n) is 5.55. The molecule has 1 saturated heterocycles. The zero-order valence-corrected chi connectivity index (χ0v) is 20.3. The molecule has 168 valence electrons. The van der Waals surface area contributed by atoms with E-state index in [9.17, 15) is 0 Å². The lowest BCUT2D eigenvalue weighted by atomic mass is 10.2. The third-order valence-corrected chi connectivity index (χ3v) is 6.14. The Morgan fingerprint density at radius 3 is 2.48 bits per heavy atom. The van der Waals surface area contributed by atoms with Gasteiger partial charge in [0.2, 0.25) is 0 Å². The number of anilines is 2. The van der Waals surface area contributed by atoms with Crippen molar-refractivity contribution in [2.24, 2.45) is 0 Å². The predicted molar refractivity (Wildman–Crippen MR) is 135 cm³/mol. The summed E-state index contributed by atoms with van der Waals surface area (Å²) in [6, 6.07) is 14.5. The molecule has 0 bridgehead atoms. The molecule has 1 heterocycles. The average molecular weight is 461 g/mol. The Morgan fingerprint density at radius 2 is 1.84 bits per heavy atom. The van der Waals surface area contributed by atoms with Crippen LogP contribution in [0.1, 0.15) is 17.5 Å². The first-order valence-electron chi connectivity index (χ1n) is 10.8. The second-order valence-corrected chi connectivity index (χ2v) is 9.00. The molecule has 0 amide bonds.